The van der Waals surface area contributed by atoms with E-state index in [-0.39, 0.29) is 6.23 Å². The fraction of sp³-hybridized carbons (Fsp3) is 0.524. The summed E-state index contributed by atoms with van der Waals surface area (Å²) in [4.78, 5) is 0. The topological polar surface area (TPSA) is 69.3 Å². The Labute approximate surface area is 166 Å². The molecular weight excluding hydrogens is 353 g/mol. The molecule has 3 heterocycles. The van der Waals surface area contributed by atoms with Gasteiger partial charge in [0.2, 0.25) is 0 Å². The molecule has 0 saturated carbocycles. The van der Waals surface area contributed by atoms with Gasteiger partial charge in [0.25, 0.3) is 0 Å². The van der Waals surface area contributed by atoms with Crippen LogP contribution in [0.5, 0.6) is 0 Å². The van der Waals surface area contributed by atoms with Crippen molar-refractivity contribution in [3.63, 3.8) is 0 Å². The van der Waals surface area contributed by atoms with Crippen molar-refractivity contribution >= 4 is 12.7 Å². The first-order valence-corrected chi connectivity index (χ1v) is 9.88. The Bertz CT molecular complexity index is 894. The van der Waals surface area contributed by atoms with Gasteiger partial charge in [-0.1, -0.05) is 12.1 Å². The molecule has 1 aromatic carbocycles. The first-order chi connectivity index (χ1) is 13.3. The van der Waals surface area contributed by atoms with Gasteiger partial charge in [-0.25, -0.2) is 4.68 Å². The number of nitriles is 1. The van der Waals surface area contributed by atoms with Crippen LogP contribution in [0.1, 0.15) is 58.7 Å². The lowest BCUT2D eigenvalue weighted by atomic mass is 9.84. The van der Waals surface area contributed by atoms with Gasteiger partial charge in [0.05, 0.1) is 34.1 Å². The largest absolute Gasteiger partial charge is 0.514 e. The summed E-state index contributed by atoms with van der Waals surface area (Å²) in [6.07, 6.45) is 2.95. The quantitative estimate of drug-likeness (QED) is 0.765. The van der Waals surface area contributed by atoms with Crippen LogP contribution in [0, 0.1) is 11.3 Å². The van der Waals surface area contributed by atoms with Gasteiger partial charge < -0.3 is 14.0 Å². The molecule has 28 heavy (non-hydrogen) atoms. The van der Waals surface area contributed by atoms with Crippen LogP contribution in [-0.2, 0) is 14.0 Å². The Balaban J connectivity index is 1.76. The van der Waals surface area contributed by atoms with E-state index in [1.165, 1.54) is 0 Å². The van der Waals surface area contributed by atoms with Crippen LogP contribution >= 0.6 is 0 Å². The van der Waals surface area contributed by atoms with E-state index in [9.17, 15) is 5.26 Å². The summed E-state index contributed by atoms with van der Waals surface area (Å²) in [5.74, 6) is 0. The monoisotopic (exact) mass is 379 g/mol. The van der Waals surface area contributed by atoms with Crippen molar-refractivity contribution in [2.45, 2.75) is 64.4 Å². The van der Waals surface area contributed by atoms with E-state index in [2.05, 4.69) is 6.07 Å². The molecule has 0 bridgehead atoms. The van der Waals surface area contributed by atoms with Crippen molar-refractivity contribution in [3.8, 4) is 17.3 Å². The minimum absolute atomic E-state index is 0.129. The van der Waals surface area contributed by atoms with Crippen molar-refractivity contribution in [2.75, 3.05) is 6.61 Å². The molecule has 2 aliphatic rings. The van der Waals surface area contributed by atoms with E-state index in [4.69, 9.17) is 19.1 Å². The lowest BCUT2D eigenvalue weighted by Gasteiger charge is -2.32. The fourth-order valence-corrected chi connectivity index (χ4v) is 3.59. The number of benzene rings is 1. The van der Waals surface area contributed by atoms with Crippen LogP contribution in [0.4, 0.5) is 0 Å². The predicted octanol–water partition coefficient (Wildman–Crippen LogP) is 3.42. The second-order valence-electron chi connectivity index (χ2n) is 8.50. The molecule has 1 aromatic heterocycles. The second kappa shape index (κ2) is 7.04. The fourth-order valence-electron chi connectivity index (χ4n) is 3.59. The zero-order chi connectivity index (χ0) is 19.9. The Morgan fingerprint density at radius 3 is 2.54 bits per heavy atom. The molecule has 7 heteroatoms. The third-order valence-electron chi connectivity index (χ3n) is 5.98. The molecule has 4 rings (SSSR count). The molecule has 0 spiro atoms. The molecule has 2 saturated heterocycles. The summed E-state index contributed by atoms with van der Waals surface area (Å²) in [6.45, 7) is 8.90. The zero-order valence-electron chi connectivity index (χ0n) is 16.9. The Morgan fingerprint density at radius 1 is 1.14 bits per heavy atom. The second-order valence-corrected chi connectivity index (χ2v) is 8.50. The molecule has 6 nitrogen and oxygen atoms in total. The molecule has 146 valence electrons. The van der Waals surface area contributed by atoms with Crippen molar-refractivity contribution in [1.29, 1.82) is 5.26 Å². The Morgan fingerprint density at radius 2 is 1.89 bits per heavy atom. The zero-order valence-corrected chi connectivity index (χ0v) is 16.9. The third-order valence-corrected chi connectivity index (χ3v) is 5.98. The number of aromatic nitrogens is 2. The van der Waals surface area contributed by atoms with Gasteiger partial charge in [0.1, 0.15) is 6.23 Å². The van der Waals surface area contributed by atoms with Gasteiger partial charge in [-0.2, -0.15) is 10.4 Å². The lowest BCUT2D eigenvalue weighted by Crippen LogP contribution is -2.42. The molecule has 1 atom stereocenters. The maximum absolute atomic E-state index is 9.22. The van der Waals surface area contributed by atoms with E-state index in [1.54, 1.807) is 6.07 Å². The molecule has 1 unspecified atom stereocenters. The van der Waals surface area contributed by atoms with Crippen LogP contribution in [0.3, 0.4) is 0 Å². The van der Waals surface area contributed by atoms with Crippen LogP contribution in [0.15, 0.2) is 30.3 Å². The molecule has 2 fully saturated rings. The first kappa shape index (κ1) is 19.2. The minimum atomic E-state index is -0.518. The Kier molecular flexibility index (Phi) is 4.82. The number of nitrogens with zero attached hydrogens (tertiary/aromatic N) is 3. The molecule has 0 amide bonds. The number of hydrogen-bond donors (Lipinski definition) is 0. The van der Waals surface area contributed by atoms with Gasteiger partial charge in [0.15, 0.2) is 0 Å². The highest BCUT2D eigenvalue weighted by Crippen LogP contribution is 2.37. The van der Waals surface area contributed by atoms with Crippen molar-refractivity contribution in [2.24, 2.45) is 0 Å². The van der Waals surface area contributed by atoms with Crippen LogP contribution in [0.2, 0.25) is 0 Å². The summed E-state index contributed by atoms with van der Waals surface area (Å²) in [7, 11) is -0.518. The van der Waals surface area contributed by atoms with E-state index in [1.807, 2.05) is 56.6 Å². The van der Waals surface area contributed by atoms with Crippen molar-refractivity contribution in [3.05, 3.63) is 35.9 Å². The van der Waals surface area contributed by atoms with Crippen molar-refractivity contribution in [1.82, 2.24) is 9.78 Å². The lowest BCUT2D eigenvalue weighted by molar-refractivity contribution is -0.0378. The predicted molar refractivity (Wildman–Crippen MR) is 107 cm³/mol. The van der Waals surface area contributed by atoms with Gasteiger partial charge in [-0.05, 0) is 65.2 Å². The SMILES string of the molecule is CC1(C)OB(c2cc(-c3cccc(C#N)c3)nn2C2CCCCO2)OC1(C)C. The average Bonchev–Trinajstić information content (AvgIpc) is 3.21. The highest BCUT2D eigenvalue weighted by atomic mass is 16.7. The average molecular weight is 379 g/mol. The van der Waals surface area contributed by atoms with Crippen LogP contribution in [0.25, 0.3) is 11.3 Å². The van der Waals surface area contributed by atoms with E-state index >= 15 is 0 Å². The molecule has 2 aliphatic heterocycles. The number of ether oxygens (including phenoxy) is 1. The minimum Gasteiger partial charge on any atom is -0.398 e. The summed E-state index contributed by atoms with van der Waals surface area (Å²) in [6, 6.07) is 11.7. The highest BCUT2D eigenvalue weighted by molar-refractivity contribution is 6.61. The maximum Gasteiger partial charge on any atom is 0.514 e. The molecular formula is C21H26BN3O3. The summed E-state index contributed by atoms with van der Waals surface area (Å²) in [5, 5.41) is 14.1. The van der Waals surface area contributed by atoms with E-state index in [0.717, 1.165) is 42.7 Å². The molecule has 0 aliphatic carbocycles. The van der Waals surface area contributed by atoms with Gasteiger partial charge in [-0.15, -0.1) is 0 Å². The van der Waals surface area contributed by atoms with Gasteiger partial charge >= 0.3 is 7.12 Å². The van der Waals surface area contributed by atoms with Gasteiger partial charge in [-0.3, -0.25) is 0 Å². The smallest absolute Gasteiger partial charge is 0.398 e. The van der Waals surface area contributed by atoms with Crippen LogP contribution < -0.4 is 5.59 Å². The third kappa shape index (κ3) is 3.37. The first-order valence-electron chi connectivity index (χ1n) is 9.88. The number of rotatable bonds is 3. The summed E-state index contributed by atoms with van der Waals surface area (Å²) >= 11 is 0. The number of hydrogen-bond acceptors (Lipinski definition) is 5. The van der Waals surface area contributed by atoms with Crippen LogP contribution in [-0.4, -0.2) is 34.7 Å². The summed E-state index contributed by atoms with van der Waals surface area (Å²) in [5.41, 5.74) is 2.28. The van der Waals surface area contributed by atoms with Crippen molar-refractivity contribution < 1.29 is 14.0 Å². The normalized spacial score (nSPS) is 23.5. The Hall–Kier alpha value is -2.14. The van der Waals surface area contributed by atoms with E-state index in [0.29, 0.717) is 5.56 Å². The van der Waals surface area contributed by atoms with E-state index < -0.39 is 18.3 Å². The molecule has 0 radical (unpaired) electrons. The maximum atomic E-state index is 9.22. The highest BCUT2D eigenvalue weighted by Gasteiger charge is 2.53. The summed E-state index contributed by atoms with van der Waals surface area (Å²) < 4.78 is 20.5. The van der Waals surface area contributed by atoms with Gasteiger partial charge in [0, 0.05) is 12.2 Å². The molecule has 2 aromatic rings. The standard InChI is InChI=1S/C21H26BN3O3/c1-20(2)21(3,4)28-22(27-20)18-13-17(16-9-7-8-15(12-16)14-23)24-25(18)19-10-5-6-11-26-19/h7-9,12-13,19H,5-6,10-11H2,1-4H3. The molecule has 0 N–H and O–H groups in total.